The molecule has 0 spiro atoms. The summed E-state index contributed by atoms with van der Waals surface area (Å²) in [6.45, 7) is 0. The minimum Gasteiger partial charge on any atom is -0.456 e. The molecule has 11 rings (SSSR count). The lowest BCUT2D eigenvalue weighted by Gasteiger charge is -2.25. The van der Waals surface area contributed by atoms with Crippen molar-refractivity contribution in [2.75, 3.05) is 4.90 Å². The standard InChI is InChI=1S/C53H35N2O2P/c56-58(41-17-6-2-7-18-41,42-19-8-3-9-20-42)43-30-32-46-49(35-43)54-53(47-31-26-36-14-10-11-21-44(36)52(46)47)37-24-27-39(28-25-37)55(38-15-4-1-5-16-38)40-29-33-51-48(34-40)45-22-12-13-23-50(45)57-51/h1-35H/i10D,11D,14D,21D,24D,25D,26D,27D,28D,30D,31D,32D,35D. The highest BCUT2D eigenvalue weighted by atomic mass is 31.2. The molecule has 58 heavy (non-hydrogen) atoms. The lowest BCUT2D eigenvalue weighted by Crippen LogP contribution is -2.25. The fraction of sp³-hybridized carbons (Fsp3) is 0. The lowest BCUT2D eigenvalue weighted by atomic mass is 9.95. The van der Waals surface area contributed by atoms with E-state index in [1.54, 1.807) is 108 Å². The molecule has 5 heteroatoms. The van der Waals surface area contributed by atoms with E-state index in [0.717, 1.165) is 10.8 Å². The van der Waals surface area contributed by atoms with Gasteiger partial charge in [0.1, 0.15) is 11.2 Å². The van der Waals surface area contributed by atoms with Crippen molar-refractivity contribution in [1.82, 2.24) is 4.98 Å². The van der Waals surface area contributed by atoms with Crippen molar-refractivity contribution in [2.24, 2.45) is 0 Å². The van der Waals surface area contributed by atoms with Gasteiger partial charge in [0.25, 0.3) is 0 Å². The Bertz CT molecular complexity index is 4070. The van der Waals surface area contributed by atoms with Crippen LogP contribution in [0.1, 0.15) is 17.8 Å². The summed E-state index contributed by atoms with van der Waals surface area (Å²) in [5.74, 6) is 0. The van der Waals surface area contributed by atoms with Gasteiger partial charge in [-0.15, -0.1) is 0 Å². The first kappa shape index (κ1) is 23.1. The van der Waals surface area contributed by atoms with Gasteiger partial charge < -0.3 is 13.9 Å². The van der Waals surface area contributed by atoms with E-state index in [1.165, 1.54) is 0 Å². The van der Waals surface area contributed by atoms with Crippen LogP contribution in [0.15, 0.2) is 216 Å². The monoisotopic (exact) mass is 775 g/mol. The first-order valence-corrected chi connectivity index (χ1v) is 20.1. The largest absolute Gasteiger partial charge is 0.456 e. The van der Waals surface area contributed by atoms with Crippen molar-refractivity contribution < 1.29 is 26.8 Å². The maximum atomic E-state index is 16.0. The van der Waals surface area contributed by atoms with E-state index in [-0.39, 0.29) is 43.1 Å². The highest BCUT2D eigenvalue weighted by Gasteiger charge is 2.30. The van der Waals surface area contributed by atoms with Gasteiger partial charge in [0, 0.05) is 65.5 Å². The Morgan fingerprint density at radius 2 is 1.16 bits per heavy atom. The third kappa shape index (κ3) is 5.53. The zero-order chi connectivity index (χ0) is 49.9. The lowest BCUT2D eigenvalue weighted by molar-refractivity contribution is 0.592. The molecule has 0 radical (unpaired) electrons. The van der Waals surface area contributed by atoms with Crippen LogP contribution in [0.25, 0.3) is 65.6 Å². The van der Waals surface area contributed by atoms with E-state index in [2.05, 4.69) is 0 Å². The van der Waals surface area contributed by atoms with Gasteiger partial charge in [-0.3, -0.25) is 0 Å². The van der Waals surface area contributed by atoms with E-state index in [4.69, 9.17) is 13.5 Å². The Labute approximate surface area is 353 Å². The van der Waals surface area contributed by atoms with Gasteiger partial charge in [0.05, 0.1) is 29.0 Å². The molecule has 0 aliphatic heterocycles. The minimum atomic E-state index is -4.23. The SMILES string of the molecule is [2H]c1c([2H])c(N(c2ccccc2)c2ccc3oc4ccccc4c3c2)c([2H])c([2H])c1-c1nc2c([2H])c(P(=O)(c3ccccc3)c3ccccc3)c([2H])c([2H])c2c2c1c([2H])c([2H])c1c([2H])c([2H])c([2H])c([2H])c12. The van der Waals surface area contributed by atoms with Crippen molar-refractivity contribution in [3.63, 3.8) is 0 Å². The molecule has 274 valence electrons. The molecule has 0 amide bonds. The maximum absolute atomic E-state index is 16.0. The summed E-state index contributed by atoms with van der Waals surface area (Å²) in [6, 6.07) is 29.6. The van der Waals surface area contributed by atoms with E-state index < -0.39 is 108 Å². The van der Waals surface area contributed by atoms with Crippen LogP contribution in [-0.2, 0) is 4.57 Å². The van der Waals surface area contributed by atoms with Gasteiger partial charge in [0.2, 0.25) is 0 Å². The first-order chi connectivity index (χ1) is 34.1. The van der Waals surface area contributed by atoms with Crippen molar-refractivity contribution in [3.8, 4) is 11.3 Å². The molecule has 0 bridgehead atoms. The quantitative estimate of drug-likeness (QED) is 0.119. The number of furan rings is 1. The fourth-order valence-electron chi connectivity index (χ4n) is 7.55. The normalized spacial score (nSPS) is 15.0. The van der Waals surface area contributed by atoms with E-state index in [0.29, 0.717) is 22.5 Å². The molecule has 2 aromatic heterocycles. The summed E-state index contributed by atoms with van der Waals surface area (Å²) >= 11 is 0. The van der Waals surface area contributed by atoms with Gasteiger partial charge in [-0.2, -0.15) is 0 Å². The van der Waals surface area contributed by atoms with Crippen LogP contribution in [0.5, 0.6) is 0 Å². The molecule has 0 saturated carbocycles. The Balaban J connectivity index is 1.29. The molecular weight excluding hydrogens is 728 g/mol. The molecular formula is C53H35N2O2P. The second kappa shape index (κ2) is 13.7. The number of hydrogen-bond acceptors (Lipinski definition) is 4. The number of hydrogen-bond donors (Lipinski definition) is 0. The van der Waals surface area contributed by atoms with Crippen LogP contribution < -0.4 is 20.8 Å². The second-order valence-electron chi connectivity index (χ2n) is 13.6. The molecule has 0 fully saturated rings. The predicted molar refractivity (Wildman–Crippen MR) is 244 cm³/mol. The predicted octanol–water partition coefficient (Wildman–Crippen LogP) is 13.2. The number of rotatable bonds is 7. The number of nitrogens with zero attached hydrogens (tertiary/aromatic N) is 2. The fourth-order valence-corrected chi connectivity index (χ4v) is 10.0. The average molecular weight is 776 g/mol. The molecule has 11 aromatic rings. The zero-order valence-electron chi connectivity index (χ0n) is 43.4. The third-order valence-electron chi connectivity index (χ3n) is 10.2. The van der Waals surface area contributed by atoms with Crippen LogP contribution in [0, 0.1) is 0 Å². The highest BCUT2D eigenvalue weighted by Crippen LogP contribution is 2.45. The van der Waals surface area contributed by atoms with E-state index >= 15 is 4.57 Å². The number of anilines is 3. The van der Waals surface area contributed by atoms with Gasteiger partial charge in [-0.05, 0) is 65.3 Å². The Morgan fingerprint density at radius 1 is 0.500 bits per heavy atom. The molecule has 0 unspecified atom stereocenters. The van der Waals surface area contributed by atoms with Gasteiger partial charge in [-0.1, -0.05) is 157 Å². The van der Waals surface area contributed by atoms with Gasteiger partial charge >= 0.3 is 0 Å². The molecule has 0 saturated heterocycles. The summed E-state index contributed by atoms with van der Waals surface area (Å²) in [5, 5.41) is -0.116. The minimum absolute atomic E-state index is 0.165. The number of benzene rings is 9. The summed E-state index contributed by atoms with van der Waals surface area (Å²) in [6.07, 6.45) is 0. The van der Waals surface area contributed by atoms with Crippen molar-refractivity contribution in [3.05, 3.63) is 212 Å². The van der Waals surface area contributed by atoms with E-state index in [1.807, 2.05) is 30.3 Å². The van der Waals surface area contributed by atoms with Gasteiger partial charge in [-0.25, -0.2) is 4.98 Å². The summed E-state index contributed by atoms with van der Waals surface area (Å²) < 4.78 is 145. The molecule has 9 aromatic carbocycles. The third-order valence-corrected chi connectivity index (χ3v) is 13.2. The molecule has 2 heterocycles. The highest BCUT2D eigenvalue weighted by molar-refractivity contribution is 7.85. The topological polar surface area (TPSA) is 46.3 Å². The van der Waals surface area contributed by atoms with Crippen LogP contribution in [0.3, 0.4) is 0 Å². The summed E-state index contributed by atoms with van der Waals surface area (Å²) in [7, 11) is -4.23. The second-order valence-corrected chi connectivity index (χ2v) is 16.3. The summed E-state index contributed by atoms with van der Waals surface area (Å²) in [5.41, 5.74) is 0.640. The zero-order valence-corrected chi connectivity index (χ0v) is 31.3. The summed E-state index contributed by atoms with van der Waals surface area (Å²) in [4.78, 5) is 6.44. The van der Waals surface area contributed by atoms with Crippen LogP contribution in [0.4, 0.5) is 17.1 Å². The first-order valence-electron chi connectivity index (χ1n) is 24.9. The average Bonchev–Trinajstić information content (AvgIpc) is 3.77. The van der Waals surface area contributed by atoms with Crippen LogP contribution in [-0.4, -0.2) is 4.98 Å². The smallest absolute Gasteiger partial charge is 0.171 e. The number of fused-ring (bicyclic) bond motifs is 8. The van der Waals surface area contributed by atoms with Gasteiger partial charge in [0.15, 0.2) is 7.14 Å². The number of para-hydroxylation sites is 2. The molecule has 0 aliphatic carbocycles. The number of aromatic nitrogens is 1. The van der Waals surface area contributed by atoms with Crippen LogP contribution >= 0.6 is 7.14 Å². The molecule has 0 N–H and O–H groups in total. The van der Waals surface area contributed by atoms with Crippen molar-refractivity contribution >= 4 is 94.5 Å². The Hall–Kier alpha value is -7.26. The maximum Gasteiger partial charge on any atom is 0.171 e. The van der Waals surface area contributed by atoms with Crippen LogP contribution in [0.2, 0.25) is 0 Å². The molecule has 0 atom stereocenters. The Kier molecular flexibility index (Phi) is 5.47. The van der Waals surface area contributed by atoms with E-state index in [9.17, 15) is 13.7 Å². The van der Waals surface area contributed by atoms with Crippen molar-refractivity contribution in [2.45, 2.75) is 0 Å². The Morgan fingerprint density at radius 3 is 1.91 bits per heavy atom. The van der Waals surface area contributed by atoms with Crippen molar-refractivity contribution in [1.29, 1.82) is 0 Å². The molecule has 4 nitrogen and oxygen atoms in total. The molecule has 0 aliphatic rings. The number of pyridine rings is 1.